The predicted molar refractivity (Wildman–Crippen MR) is 111 cm³/mol. The van der Waals surface area contributed by atoms with Crippen LogP contribution in [0.2, 0.25) is 0 Å². The number of ether oxygens (including phenoxy) is 2. The lowest BCUT2D eigenvalue weighted by molar-refractivity contribution is -0.120. The summed E-state index contributed by atoms with van der Waals surface area (Å²) in [6.45, 7) is -0.0624. The van der Waals surface area contributed by atoms with Crippen molar-refractivity contribution in [2.75, 3.05) is 20.0 Å². The van der Waals surface area contributed by atoms with Gasteiger partial charge in [-0.3, -0.25) is 4.79 Å². The van der Waals surface area contributed by atoms with E-state index in [0.717, 1.165) is 6.26 Å². The van der Waals surface area contributed by atoms with Crippen LogP contribution in [0.1, 0.15) is 0 Å². The van der Waals surface area contributed by atoms with E-state index in [-0.39, 0.29) is 18.0 Å². The molecule has 0 aliphatic carbocycles. The lowest BCUT2D eigenvalue weighted by Gasteiger charge is -2.05. The third-order valence-electron chi connectivity index (χ3n) is 3.96. The zero-order valence-electron chi connectivity index (χ0n) is 15.8. The van der Waals surface area contributed by atoms with E-state index in [9.17, 15) is 13.2 Å². The summed E-state index contributed by atoms with van der Waals surface area (Å²) in [6, 6.07) is 11.6. The summed E-state index contributed by atoms with van der Waals surface area (Å²) in [7, 11) is -1.81. The number of sulfone groups is 1. The first-order valence-corrected chi connectivity index (χ1v) is 11.1. The second-order valence-electron chi connectivity index (χ2n) is 6.05. The highest BCUT2D eigenvalue weighted by Gasteiger charge is 2.12. The number of terminal acetylenes is 1. The molecule has 0 aliphatic rings. The quantitative estimate of drug-likeness (QED) is 0.560. The van der Waals surface area contributed by atoms with Crippen LogP contribution in [-0.4, -0.2) is 38.9 Å². The Bertz CT molecular complexity index is 1280. The Morgan fingerprint density at radius 1 is 1.24 bits per heavy atom. The number of methoxy groups -OCH3 is 1. The number of carbonyl (C=O) groups is 1. The SMILES string of the molecule is C#CCn1c(=NC(=O)COc2cccc(OC)c2)sc2cc(S(C)(=O)=O)ccc21. The van der Waals surface area contributed by atoms with Gasteiger partial charge >= 0.3 is 0 Å². The van der Waals surface area contributed by atoms with Crippen LogP contribution in [0, 0.1) is 12.3 Å². The van der Waals surface area contributed by atoms with Crippen molar-refractivity contribution >= 4 is 37.3 Å². The average molecular weight is 431 g/mol. The normalized spacial score (nSPS) is 12.0. The van der Waals surface area contributed by atoms with Crippen LogP contribution in [0.4, 0.5) is 0 Å². The highest BCUT2D eigenvalue weighted by molar-refractivity contribution is 7.90. The van der Waals surface area contributed by atoms with E-state index >= 15 is 0 Å². The third-order valence-corrected chi connectivity index (χ3v) is 6.11. The Kier molecular flexibility index (Phi) is 6.06. The van der Waals surface area contributed by atoms with Crippen LogP contribution in [0.15, 0.2) is 52.4 Å². The van der Waals surface area contributed by atoms with Crippen LogP contribution in [0.3, 0.4) is 0 Å². The number of rotatable bonds is 6. The zero-order valence-corrected chi connectivity index (χ0v) is 17.4. The van der Waals surface area contributed by atoms with Crippen molar-refractivity contribution < 1.29 is 22.7 Å². The molecule has 0 unspecified atom stereocenters. The van der Waals surface area contributed by atoms with E-state index in [1.807, 2.05) is 0 Å². The van der Waals surface area contributed by atoms with Gasteiger partial charge in [0, 0.05) is 12.3 Å². The summed E-state index contributed by atoms with van der Waals surface area (Å²) < 4.78 is 36.5. The fourth-order valence-corrected chi connectivity index (χ4v) is 4.40. The topological polar surface area (TPSA) is 87.0 Å². The van der Waals surface area contributed by atoms with Gasteiger partial charge in [0.05, 0.1) is 28.8 Å². The molecule has 0 atom stereocenters. The number of hydrogen-bond acceptors (Lipinski definition) is 6. The van der Waals surface area contributed by atoms with Crippen molar-refractivity contribution in [2.24, 2.45) is 4.99 Å². The van der Waals surface area contributed by atoms with E-state index in [1.54, 1.807) is 48.1 Å². The van der Waals surface area contributed by atoms with E-state index in [2.05, 4.69) is 10.9 Å². The molecule has 0 fully saturated rings. The van der Waals surface area contributed by atoms with Crippen molar-refractivity contribution in [1.82, 2.24) is 4.57 Å². The Hall–Kier alpha value is -3.09. The van der Waals surface area contributed by atoms with Crippen molar-refractivity contribution in [2.45, 2.75) is 11.4 Å². The molecule has 150 valence electrons. The van der Waals surface area contributed by atoms with Crippen LogP contribution >= 0.6 is 11.3 Å². The molecule has 0 spiro atoms. The van der Waals surface area contributed by atoms with Gasteiger partial charge in [-0.1, -0.05) is 23.3 Å². The smallest absolute Gasteiger partial charge is 0.286 e. The van der Waals surface area contributed by atoms with Crippen LogP contribution in [0.5, 0.6) is 11.5 Å². The highest BCUT2D eigenvalue weighted by Crippen LogP contribution is 2.22. The summed E-state index contributed by atoms with van der Waals surface area (Å²) >= 11 is 1.19. The number of fused-ring (bicyclic) bond motifs is 1. The minimum Gasteiger partial charge on any atom is -0.497 e. The molecule has 0 radical (unpaired) electrons. The fraction of sp³-hybridized carbons (Fsp3) is 0.200. The summed E-state index contributed by atoms with van der Waals surface area (Å²) in [5, 5.41) is 0. The summed E-state index contributed by atoms with van der Waals surface area (Å²) in [5.74, 6) is 3.13. The summed E-state index contributed by atoms with van der Waals surface area (Å²) in [4.78, 5) is 17.0. The number of benzene rings is 2. The lowest BCUT2D eigenvalue weighted by atomic mass is 10.3. The molecule has 9 heteroatoms. The van der Waals surface area contributed by atoms with Gasteiger partial charge in [-0.2, -0.15) is 4.99 Å². The molecule has 1 amide bonds. The maximum Gasteiger partial charge on any atom is 0.286 e. The van der Waals surface area contributed by atoms with Gasteiger partial charge in [0.25, 0.3) is 5.91 Å². The van der Waals surface area contributed by atoms with Crippen molar-refractivity contribution in [1.29, 1.82) is 0 Å². The molecule has 0 N–H and O–H groups in total. The van der Waals surface area contributed by atoms with Gasteiger partial charge in [-0.05, 0) is 30.3 Å². The summed E-state index contributed by atoms with van der Waals surface area (Å²) in [5.41, 5.74) is 0.709. The molecule has 3 rings (SSSR count). The molecule has 0 aliphatic heterocycles. The standard InChI is InChI=1S/C20H18N2O5S2/c1-4-10-22-17-9-8-16(29(3,24)25)12-18(17)28-20(22)21-19(23)13-27-15-7-5-6-14(11-15)26-2/h1,5-9,11-12H,10,13H2,2-3H3. The van der Waals surface area contributed by atoms with Crippen molar-refractivity contribution in [3.05, 3.63) is 47.3 Å². The van der Waals surface area contributed by atoms with Gasteiger partial charge in [0.2, 0.25) is 0 Å². The molecule has 3 aromatic rings. The number of amides is 1. The Balaban J connectivity index is 1.92. The third kappa shape index (κ3) is 4.85. The maximum atomic E-state index is 12.3. The number of aromatic nitrogens is 1. The van der Waals surface area contributed by atoms with Gasteiger partial charge < -0.3 is 14.0 Å². The molecule has 7 nitrogen and oxygen atoms in total. The fourth-order valence-electron chi connectivity index (χ4n) is 2.59. The molecule has 1 aromatic heterocycles. The first kappa shape index (κ1) is 20.6. The van der Waals surface area contributed by atoms with Crippen molar-refractivity contribution in [3.63, 3.8) is 0 Å². The zero-order chi connectivity index (χ0) is 21.0. The molecule has 2 aromatic carbocycles. The second kappa shape index (κ2) is 8.51. The minimum absolute atomic E-state index is 0.193. The Labute approximate surface area is 172 Å². The minimum atomic E-state index is -3.35. The predicted octanol–water partition coefficient (Wildman–Crippen LogP) is 2.25. The lowest BCUT2D eigenvalue weighted by Crippen LogP contribution is -2.19. The molecule has 0 bridgehead atoms. The second-order valence-corrected chi connectivity index (χ2v) is 9.07. The number of thiazole rings is 1. The monoisotopic (exact) mass is 430 g/mol. The van der Waals surface area contributed by atoms with E-state index in [4.69, 9.17) is 15.9 Å². The van der Waals surface area contributed by atoms with Gasteiger partial charge in [0.1, 0.15) is 11.5 Å². The maximum absolute atomic E-state index is 12.3. The molecule has 29 heavy (non-hydrogen) atoms. The summed E-state index contributed by atoms with van der Waals surface area (Å²) in [6.07, 6.45) is 6.59. The first-order chi connectivity index (χ1) is 13.8. The van der Waals surface area contributed by atoms with E-state index in [0.29, 0.717) is 26.5 Å². The van der Waals surface area contributed by atoms with E-state index in [1.165, 1.54) is 17.4 Å². The number of hydrogen-bond donors (Lipinski definition) is 0. The van der Waals surface area contributed by atoms with Crippen LogP contribution in [-0.2, 0) is 21.2 Å². The van der Waals surface area contributed by atoms with Gasteiger partial charge in [-0.15, -0.1) is 6.42 Å². The Morgan fingerprint density at radius 2 is 2.00 bits per heavy atom. The number of carbonyl (C=O) groups excluding carboxylic acids is 1. The molecule has 0 saturated carbocycles. The molecule has 1 heterocycles. The van der Waals surface area contributed by atoms with E-state index < -0.39 is 15.7 Å². The number of nitrogens with zero attached hydrogens (tertiary/aromatic N) is 2. The van der Waals surface area contributed by atoms with Crippen LogP contribution in [0.25, 0.3) is 10.2 Å². The molecular formula is C20H18N2O5S2. The van der Waals surface area contributed by atoms with Gasteiger partial charge in [-0.25, -0.2) is 8.42 Å². The Morgan fingerprint density at radius 3 is 2.69 bits per heavy atom. The molecule has 0 saturated heterocycles. The average Bonchev–Trinajstić information content (AvgIpc) is 3.02. The highest BCUT2D eigenvalue weighted by atomic mass is 32.2. The first-order valence-electron chi connectivity index (χ1n) is 8.43. The molecular weight excluding hydrogens is 412 g/mol. The van der Waals surface area contributed by atoms with Gasteiger partial charge in [0.15, 0.2) is 21.2 Å². The largest absolute Gasteiger partial charge is 0.497 e. The van der Waals surface area contributed by atoms with Crippen molar-refractivity contribution in [3.8, 4) is 23.8 Å². The van der Waals surface area contributed by atoms with Crippen LogP contribution < -0.4 is 14.3 Å².